The van der Waals surface area contributed by atoms with Crippen LogP contribution in [0.2, 0.25) is 0 Å². The molecule has 152 valence electrons. The van der Waals surface area contributed by atoms with Crippen LogP contribution in [0.25, 0.3) is 0 Å². The second kappa shape index (κ2) is 11.6. The largest absolute Gasteiger partial charge is 0.496 e. The lowest BCUT2D eigenvalue weighted by molar-refractivity contribution is 0.297. The number of benzene rings is 2. The molecule has 0 radical (unpaired) electrons. The zero-order valence-electron chi connectivity index (χ0n) is 16.4. The molecule has 0 unspecified atom stereocenters. The fourth-order valence-electron chi connectivity index (χ4n) is 2.85. The summed E-state index contributed by atoms with van der Waals surface area (Å²) in [7, 11) is 1.68. The number of ether oxygens (including phenoxy) is 3. The van der Waals surface area contributed by atoms with Crippen molar-refractivity contribution in [3.63, 3.8) is 0 Å². The SMILES string of the molecule is CCNC(=NCc1ccc2c(c1)OCCCO2)NCc1ccccc1OC.I. The van der Waals surface area contributed by atoms with Gasteiger partial charge in [0, 0.05) is 25.1 Å². The number of hydrogen-bond donors (Lipinski definition) is 2. The maximum absolute atomic E-state index is 5.76. The van der Waals surface area contributed by atoms with Crippen LogP contribution in [0, 0.1) is 0 Å². The zero-order chi connectivity index (χ0) is 18.9. The van der Waals surface area contributed by atoms with Crippen LogP contribution in [-0.4, -0.2) is 32.8 Å². The number of halogens is 1. The molecule has 0 fully saturated rings. The quantitative estimate of drug-likeness (QED) is 0.362. The highest BCUT2D eigenvalue weighted by Gasteiger charge is 2.10. The summed E-state index contributed by atoms with van der Waals surface area (Å²) in [6.07, 6.45) is 0.902. The molecule has 1 aliphatic rings. The zero-order valence-corrected chi connectivity index (χ0v) is 18.7. The van der Waals surface area contributed by atoms with Crippen LogP contribution in [0.4, 0.5) is 0 Å². The molecule has 2 N–H and O–H groups in total. The first-order valence-electron chi connectivity index (χ1n) is 9.32. The average Bonchev–Trinajstić information content (AvgIpc) is 2.95. The van der Waals surface area contributed by atoms with E-state index in [1.807, 2.05) is 49.4 Å². The Morgan fingerprint density at radius 1 is 1.07 bits per heavy atom. The maximum atomic E-state index is 5.76. The van der Waals surface area contributed by atoms with Gasteiger partial charge >= 0.3 is 0 Å². The van der Waals surface area contributed by atoms with Crippen molar-refractivity contribution >= 4 is 29.9 Å². The molecule has 1 aliphatic heterocycles. The van der Waals surface area contributed by atoms with Crippen LogP contribution in [0.5, 0.6) is 17.2 Å². The number of nitrogens with zero attached hydrogens (tertiary/aromatic N) is 1. The van der Waals surface area contributed by atoms with Crippen molar-refractivity contribution in [1.82, 2.24) is 10.6 Å². The molecule has 0 spiro atoms. The van der Waals surface area contributed by atoms with Gasteiger partial charge in [0.15, 0.2) is 17.5 Å². The van der Waals surface area contributed by atoms with E-state index in [-0.39, 0.29) is 24.0 Å². The fraction of sp³-hybridized carbons (Fsp3) is 0.381. The van der Waals surface area contributed by atoms with Crippen LogP contribution < -0.4 is 24.8 Å². The van der Waals surface area contributed by atoms with Crippen molar-refractivity contribution in [2.24, 2.45) is 4.99 Å². The summed E-state index contributed by atoms with van der Waals surface area (Å²) < 4.78 is 16.8. The van der Waals surface area contributed by atoms with E-state index < -0.39 is 0 Å². The molecule has 28 heavy (non-hydrogen) atoms. The molecule has 6 nitrogen and oxygen atoms in total. The molecule has 2 aromatic rings. The van der Waals surface area contributed by atoms with Gasteiger partial charge in [-0.1, -0.05) is 24.3 Å². The number of aliphatic imine (C=N–C) groups is 1. The highest BCUT2D eigenvalue weighted by Crippen LogP contribution is 2.30. The van der Waals surface area contributed by atoms with E-state index in [2.05, 4.69) is 15.6 Å². The van der Waals surface area contributed by atoms with Crippen molar-refractivity contribution in [1.29, 1.82) is 0 Å². The number of hydrogen-bond acceptors (Lipinski definition) is 4. The molecule has 0 bridgehead atoms. The third kappa shape index (κ3) is 6.19. The molecule has 7 heteroatoms. The van der Waals surface area contributed by atoms with Crippen molar-refractivity contribution in [2.45, 2.75) is 26.4 Å². The normalized spacial score (nSPS) is 13.1. The molecule has 0 saturated carbocycles. The molecule has 0 saturated heterocycles. The summed E-state index contributed by atoms with van der Waals surface area (Å²) in [5.74, 6) is 3.23. The molecular formula is C21H28IN3O3. The molecule has 2 aromatic carbocycles. The first-order valence-corrected chi connectivity index (χ1v) is 9.32. The Morgan fingerprint density at radius 3 is 2.64 bits per heavy atom. The molecule has 0 amide bonds. The summed E-state index contributed by atoms with van der Waals surface area (Å²) in [4.78, 5) is 4.68. The van der Waals surface area contributed by atoms with E-state index in [0.29, 0.717) is 26.3 Å². The predicted octanol–water partition coefficient (Wildman–Crippen LogP) is 3.73. The van der Waals surface area contributed by atoms with Crippen LogP contribution in [-0.2, 0) is 13.1 Å². The van der Waals surface area contributed by atoms with Crippen molar-refractivity contribution in [3.8, 4) is 17.2 Å². The Morgan fingerprint density at radius 2 is 1.86 bits per heavy atom. The van der Waals surface area contributed by atoms with Crippen molar-refractivity contribution in [3.05, 3.63) is 53.6 Å². The Balaban J connectivity index is 0.00000280. The topological polar surface area (TPSA) is 64.1 Å². The Bertz CT molecular complexity index is 783. The summed E-state index contributed by atoms with van der Waals surface area (Å²) in [6.45, 7) is 5.41. The van der Waals surface area contributed by atoms with Gasteiger partial charge in [-0.3, -0.25) is 0 Å². The molecular weight excluding hydrogens is 469 g/mol. The monoisotopic (exact) mass is 497 g/mol. The average molecular weight is 497 g/mol. The minimum atomic E-state index is 0. The van der Waals surface area contributed by atoms with Crippen LogP contribution in [0.15, 0.2) is 47.5 Å². The van der Waals surface area contributed by atoms with E-state index in [4.69, 9.17) is 14.2 Å². The third-order valence-corrected chi connectivity index (χ3v) is 4.21. The number of fused-ring (bicyclic) bond motifs is 1. The van der Waals surface area contributed by atoms with Gasteiger partial charge in [-0.25, -0.2) is 4.99 Å². The van der Waals surface area contributed by atoms with E-state index in [1.165, 1.54) is 0 Å². The molecule has 0 atom stereocenters. The van der Waals surface area contributed by atoms with Gasteiger partial charge in [0.05, 0.1) is 26.9 Å². The lowest BCUT2D eigenvalue weighted by atomic mass is 10.2. The number of methoxy groups -OCH3 is 1. The van der Waals surface area contributed by atoms with Gasteiger partial charge < -0.3 is 24.8 Å². The second-order valence-corrected chi connectivity index (χ2v) is 6.19. The molecule has 0 aliphatic carbocycles. The van der Waals surface area contributed by atoms with E-state index in [0.717, 1.165) is 47.3 Å². The number of nitrogens with one attached hydrogen (secondary N) is 2. The maximum Gasteiger partial charge on any atom is 0.191 e. The molecule has 3 rings (SSSR count). The number of para-hydroxylation sites is 1. The highest BCUT2D eigenvalue weighted by atomic mass is 127. The van der Waals surface area contributed by atoms with Gasteiger partial charge in [0.1, 0.15) is 5.75 Å². The summed E-state index contributed by atoms with van der Waals surface area (Å²) in [5, 5.41) is 6.63. The van der Waals surface area contributed by atoms with Gasteiger partial charge in [-0.05, 0) is 30.7 Å². The minimum absolute atomic E-state index is 0. The Kier molecular flexibility index (Phi) is 9.19. The van der Waals surface area contributed by atoms with E-state index >= 15 is 0 Å². The summed E-state index contributed by atoms with van der Waals surface area (Å²) in [5.41, 5.74) is 2.16. The smallest absolute Gasteiger partial charge is 0.191 e. The van der Waals surface area contributed by atoms with Gasteiger partial charge in [0.2, 0.25) is 0 Å². The first-order chi connectivity index (χ1) is 13.3. The minimum Gasteiger partial charge on any atom is -0.496 e. The fourth-order valence-corrected chi connectivity index (χ4v) is 2.85. The lowest BCUT2D eigenvalue weighted by Gasteiger charge is -2.14. The third-order valence-electron chi connectivity index (χ3n) is 4.21. The van der Waals surface area contributed by atoms with Crippen LogP contribution >= 0.6 is 24.0 Å². The van der Waals surface area contributed by atoms with Crippen molar-refractivity contribution in [2.75, 3.05) is 26.9 Å². The highest BCUT2D eigenvalue weighted by molar-refractivity contribution is 14.0. The van der Waals surface area contributed by atoms with E-state index in [1.54, 1.807) is 7.11 Å². The Labute approximate surface area is 183 Å². The Hall–Kier alpha value is -2.16. The summed E-state index contributed by atoms with van der Waals surface area (Å²) >= 11 is 0. The predicted molar refractivity (Wildman–Crippen MR) is 122 cm³/mol. The summed E-state index contributed by atoms with van der Waals surface area (Å²) in [6, 6.07) is 14.0. The van der Waals surface area contributed by atoms with E-state index in [9.17, 15) is 0 Å². The van der Waals surface area contributed by atoms with Gasteiger partial charge in [0.25, 0.3) is 0 Å². The van der Waals surface area contributed by atoms with Crippen LogP contribution in [0.1, 0.15) is 24.5 Å². The molecule has 0 aromatic heterocycles. The number of rotatable bonds is 6. The standard InChI is InChI=1S/C21H27N3O3.HI/c1-3-22-21(24-15-17-7-4-5-8-18(17)25-2)23-14-16-9-10-19-20(13-16)27-12-6-11-26-19;/h4-5,7-10,13H,3,6,11-12,14-15H2,1-2H3,(H2,22,23,24);1H. The van der Waals surface area contributed by atoms with Gasteiger partial charge in [-0.2, -0.15) is 0 Å². The van der Waals surface area contributed by atoms with Gasteiger partial charge in [-0.15, -0.1) is 24.0 Å². The number of guanidine groups is 1. The molecule has 1 heterocycles. The van der Waals surface area contributed by atoms with Crippen LogP contribution in [0.3, 0.4) is 0 Å². The van der Waals surface area contributed by atoms with Crippen molar-refractivity contribution < 1.29 is 14.2 Å². The first kappa shape index (κ1) is 22.1. The second-order valence-electron chi connectivity index (χ2n) is 6.19. The lowest BCUT2D eigenvalue weighted by Crippen LogP contribution is -2.36.